The lowest BCUT2D eigenvalue weighted by Gasteiger charge is -2.53. The van der Waals surface area contributed by atoms with Gasteiger partial charge in [0.25, 0.3) is 0 Å². The summed E-state index contributed by atoms with van der Waals surface area (Å²) in [5.41, 5.74) is -0.171. The molecule has 1 aromatic rings. The highest BCUT2D eigenvalue weighted by Gasteiger charge is 2.57. The first kappa shape index (κ1) is 14.5. The van der Waals surface area contributed by atoms with E-state index < -0.39 is 15.8 Å². The maximum atomic E-state index is 13.2. The van der Waals surface area contributed by atoms with Gasteiger partial charge in [-0.05, 0) is 42.4 Å². The summed E-state index contributed by atoms with van der Waals surface area (Å²) in [6, 6.07) is 5.02. The second-order valence-electron chi connectivity index (χ2n) is 6.57. The fraction of sp³-hybridized carbons (Fsp3) is 0.533. The standard InChI is InChI=1S/C15H17FN2O2S/c1-15(2)9-18(14(15)10-3-4-10)21(19,20)13-6-5-12(16)7-11(13)8-17/h5-7,10,14H,3-4,9H2,1-2H3/t14-/m1/s1. The fourth-order valence-electron chi connectivity index (χ4n) is 3.33. The Morgan fingerprint density at radius 3 is 2.57 bits per heavy atom. The van der Waals surface area contributed by atoms with Gasteiger partial charge in [0, 0.05) is 12.6 Å². The van der Waals surface area contributed by atoms with E-state index in [1.807, 2.05) is 0 Å². The summed E-state index contributed by atoms with van der Waals surface area (Å²) in [6.45, 7) is 4.58. The summed E-state index contributed by atoms with van der Waals surface area (Å²) < 4.78 is 40.3. The van der Waals surface area contributed by atoms with Gasteiger partial charge in [-0.15, -0.1) is 0 Å². The molecule has 6 heteroatoms. The summed E-state index contributed by atoms with van der Waals surface area (Å²) in [5, 5.41) is 9.07. The van der Waals surface area contributed by atoms with Crippen molar-refractivity contribution in [3.05, 3.63) is 29.6 Å². The number of sulfonamides is 1. The molecule has 4 nitrogen and oxygen atoms in total. The van der Waals surface area contributed by atoms with E-state index in [2.05, 4.69) is 13.8 Å². The zero-order valence-corrected chi connectivity index (χ0v) is 12.8. The number of hydrogen-bond acceptors (Lipinski definition) is 3. The summed E-state index contributed by atoms with van der Waals surface area (Å²) in [6.07, 6.45) is 2.10. The van der Waals surface area contributed by atoms with Crippen molar-refractivity contribution < 1.29 is 12.8 Å². The first-order valence-corrected chi connectivity index (χ1v) is 8.43. The molecule has 1 aliphatic heterocycles. The Kier molecular flexibility index (Phi) is 3.12. The Morgan fingerprint density at radius 1 is 1.38 bits per heavy atom. The van der Waals surface area contributed by atoms with Crippen LogP contribution >= 0.6 is 0 Å². The summed E-state index contributed by atoms with van der Waals surface area (Å²) >= 11 is 0. The molecule has 1 atom stereocenters. The zero-order chi connectivity index (χ0) is 15.4. The lowest BCUT2D eigenvalue weighted by molar-refractivity contribution is 0.00610. The van der Waals surface area contributed by atoms with E-state index in [0.717, 1.165) is 25.0 Å². The minimum Gasteiger partial charge on any atom is -0.207 e. The van der Waals surface area contributed by atoms with E-state index in [9.17, 15) is 12.8 Å². The minimum atomic E-state index is -3.74. The van der Waals surface area contributed by atoms with Crippen LogP contribution in [-0.2, 0) is 10.0 Å². The third-order valence-corrected chi connectivity index (χ3v) is 6.28. The molecule has 0 bridgehead atoms. The molecule has 1 heterocycles. The van der Waals surface area contributed by atoms with Crippen LogP contribution in [0.25, 0.3) is 0 Å². The number of nitriles is 1. The highest BCUT2D eigenvalue weighted by Crippen LogP contribution is 2.52. The molecule has 2 fully saturated rings. The monoisotopic (exact) mass is 308 g/mol. The Balaban J connectivity index is 2.01. The molecular weight excluding hydrogens is 291 g/mol. The Morgan fingerprint density at radius 2 is 2.05 bits per heavy atom. The number of rotatable bonds is 3. The lowest BCUT2D eigenvalue weighted by Crippen LogP contribution is -2.64. The number of nitrogens with zero attached hydrogens (tertiary/aromatic N) is 2. The van der Waals surface area contributed by atoms with E-state index >= 15 is 0 Å². The van der Waals surface area contributed by atoms with Gasteiger partial charge < -0.3 is 0 Å². The maximum absolute atomic E-state index is 13.2. The molecule has 1 aromatic carbocycles. The van der Waals surface area contributed by atoms with Crippen molar-refractivity contribution in [2.24, 2.45) is 11.3 Å². The van der Waals surface area contributed by atoms with Crippen molar-refractivity contribution in [3.63, 3.8) is 0 Å². The molecule has 1 saturated carbocycles. The van der Waals surface area contributed by atoms with Crippen molar-refractivity contribution in [1.82, 2.24) is 4.31 Å². The zero-order valence-electron chi connectivity index (χ0n) is 12.0. The van der Waals surface area contributed by atoms with E-state index in [0.29, 0.717) is 12.5 Å². The summed E-state index contributed by atoms with van der Waals surface area (Å²) in [4.78, 5) is -0.0902. The smallest absolute Gasteiger partial charge is 0.207 e. The van der Waals surface area contributed by atoms with Gasteiger partial charge in [0.05, 0.1) is 5.56 Å². The molecule has 1 saturated heterocycles. The van der Waals surface area contributed by atoms with Gasteiger partial charge in [-0.2, -0.15) is 9.57 Å². The van der Waals surface area contributed by atoms with Gasteiger partial charge in [-0.1, -0.05) is 13.8 Å². The van der Waals surface area contributed by atoms with Crippen LogP contribution in [0.2, 0.25) is 0 Å². The molecule has 2 aliphatic rings. The van der Waals surface area contributed by atoms with Crippen molar-refractivity contribution in [2.75, 3.05) is 6.54 Å². The average Bonchev–Trinajstić information content (AvgIpc) is 3.20. The van der Waals surface area contributed by atoms with Crippen LogP contribution in [-0.4, -0.2) is 25.3 Å². The number of halogens is 1. The molecule has 21 heavy (non-hydrogen) atoms. The molecule has 0 aromatic heterocycles. The average molecular weight is 308 g/mol. The van der Waals surface area contributed by atoms with Gasteiger partial charge in [0.1, 0.15) is 16.8 Å². The summed E-state index contributed by atoms with van der Waals surface area (Å²) in [5.74, 6) is -0.192. The predicted molar refractivity (Wildman–Crippen MR) is 75.3 cm³/mol. The van der Waals surface area contributed by atoms with Crippen molar-refractivity contribution in [3.8, 4) is 6.07 Å². The second kappa shape index (κ2) is 4.52. The van der Waals surface area contributed by atoms with Crippen molar-refractivity contribution >= 4 is 10.0 Å². The highest BCUT2D eigenvalue weighted by atomic mass is 32.2. The van der Waals surface area contributed by atoms with Gasteiger partial charge in [-0.3, -0.25) is 0 Å². The van der Waals surface area contributed by atoms with E-state index in [1.54, 1.807) is 6.07 Å². The number of hydrogen-bond donors (Lipinski definition) is 0. The van der Waals surface area contributed by atoms with E-state index in [4.69, 9.17) is 5.26 Å². The van der Waals surface area contributed by atoms with Crippen LogP contribution in [0.5, 0.6) is 0 Å². The third kappa shape index (κ3) is 2.25. The van der Waals surface area contributed by atoms with Gasteiger partial charge in [0.15, 0.2) is 0 Å². The predicted octanol–water partition coefficient (Wildman–Crippen LogP) is 2.51. The van der Waals surface area contributed by atoms with Gasteiger partial charge >= 0.3 is 0 Å². The van der Waals surface area contributed by atoms with Crippen LogP contribution in [0.15, 0.2) is 23.1 Å². The largest absolute Gasteiger partial charge is 0.244 e. The van der Waals surface area contributed by atoms with E-state index in [-0.39, 0.29) is 21.9 Å². The molecule has 0 amide bonds. The quantitative estimate of drug-likeness (QED) is 0.862. The Hall–Kier alpha value is -1.45. The Bertz CT molecular complexity index is 733. The topological polar surface area (TPSA) is 61.2 Å². The first-order valence-electron chi connectivity index (χ1n) is 6.99. The van der Waals surface area contributed by atoms with Crippen LogP contribution in [0, 0.1) is 28.5 Å². The SMILES string of the molecule is CC1(C)CN(S(=O)(=O)c2ccc(F)cc2C#N)[C@@H]1C1CC1. The molecule has 0 radical (unpaired) electrons. The first-order chi connectivity index (χ1) is 9.77. The minimum absolute atomic E-state index is 0.0147. The maximum Gasteiger partial charge on any atom is 0.244 e. The fourth-order valence-corrected chi connectivity index (χ4v) is 5.47. The second-order valence-corrected chi connectivity index (χ2v) is 8.43. The van der Waals surface area contributed by atoms with E-state index in [1.165, 1.54) is 10.4 Å². The third-order valence-electron chi connectivity index (χ3n) is 4.39. The molecule has 0 spiro atoms. The highest BCUT2D eigenvalue weighted by molar-refractivity contribution is 7.89. The van der Waals surface area contributed by atoms with Crippen LogP contribution in [0.1, 0.15) is 32.3 Å². The molecule has 1 aliphatic carbocycles. The van der Waals surface area contributed by atoms with Gasteiger partial charge in [-0.25, -0.2) is 12.8 Å². The molecule has 0 unspecified atom stereocenters. The lowest BCUT2D eigenvalue weighted by atomic mass is 9.75. The Labute approximate surface area is 124 Å². The van der Waals surface area contributed by atoms with Crippen molar-refractivity contribution in [2.45, 2.75) is 37.6 Å². The summed E-state index contributed by atoms with van der Waals surface area (Å²) in [7, 11) is -3.74. The van der Waals surface area contributed by atoms with Crippen molar-refractivity contribution in [1.29, 1.82) is 5.26 Å². The molecule has 112 valence electrons. The molecular formula is C15H17FN2O2S. The molecule has 3 rings (SSSR count). The normalized spacial score (nSPS) is 25.1. The molecule has 0 N–H and O–H groups in total. The van der Waals surface area contributed by atoms with Gasteiger partial charge in [0.2, 0.25) is 10.0 Å². The van der Waals surface area contributed by atoms with Crippen LogP contribution in [0.3, 0.4) is 0 Å². The number of benzene rings is 1. The van der Waals surface area contributed by atoms with Crippen LogP contribution in [0.4, 0.5) is 4.39 Å². The van der Waals surface area contributed by atoms with Crippen LogP contribution < -0.4 is 0 Å².